The van der Waals surface area contributed by atoms with Crippen molar-refractivity contribution in [2.45, 2.75) is 207 Å². The number of rotatable bonds is 41. The Morgan fingerprint density at radius 3 is 1.27 bits per heavy atom. The van der Waals surface area contributed by atoms with Gasteiger partial charge in [-0.25, -0.2) is 0 Å². The maximum atomic E-state index is 12.7. The first kappa shape index (κ1) is 55.3. The van der Waals surface area contributed by atoms with Crippen LogP contribution in [0.2, 0.25) is 0 Å². The summed E-state index contributed by atoms with van der Waals surface area (Å²) in [5.74, 6) is -0.994. The number of hydrogen-bond acceptors (Lipinski definition) is 6. The van der Waals surface area contributed by atoms with Gasteiger partial charge in [-0.1, -0.05) is 182 Å². The monoisotopic (exact) mass is 819 g/mol. The zero-order valence-corrected chi connectivity index (χ0v) is 38.0. The van der Waals surface area contributed by atoms with Crippen molar-refractivity contribution in [3.63, 3.8) is 0 Å². The Labute approximate surface area is 362 Å². The molecular formula is C53H86O6. The number of allylic oxidation sites excluding steroid dienone is 16. The minimum atomic E-state index is -0.810. The van der Waals surface area contributed by atoms with Gasteiger partial charge in [0.2, 0.25) is 0 Å². The second-order valence-corrected chi connectivity index (χ2v) is 15.3. The van der Waals surface area contributed by atoms with Gasteiger partial charge in [0.05, 0.1) is 0 Å². The number of carbonyl (C=O) groups excluding carboxylic acids is 3. The van der Waals surface area contributed by atoms with Crippen molar-refractivity contribution >= 4 is 17.9 Å². The average molecular weight is 819 g/mol. The third-order valence-corrected chi connectivity index (χ3v) is 9.65. The van der Waals surface area contributed by atoms with Crippen molar-refractivity contribution in [2.75, 3.05) is 13.2 Å². The lowest BCUT2D eigenvalue weighted by molar-refractivity contribution is -0.167. The molecule has 59 heavy (non-hydrogen) atoms. The molecule has 0 aromatic carbocycles. The predicted octanol–water partition coefficient (Wildman–Crippen LogP) is 15.4. The molecule has 0 fully saturated rings. The molecule has 0 heterocycles. The van der Waals surface area contributed by atoms with Crippen LogP contribution in [0.3, 0.4) is 0 Å². The van der Waals surface area contributed by atoms with Crippen LogP contribution in [0.1, 0.15) is 201 Å². The number of hydrogen-bond donors (Lipinski definition) is 0. The zero-order valence-electron chi connectivity index (χ0n) is 38.0. The first-order valence-electron chi connectivity index (χ1n) is 23.8. The molecule has 6 heteroatoms. The van der Waals surface area contributed by atoms with E-state index in [4.69, 9.17) is 14.2 Å². The fourth-order valence-corrected chi connectivity index (χ4v) is 6.11. The Balaban J connectivity index is 4.52. The summed E-state index contributed by atoms with van der Waals surface area (Å²) in [6, 6.07) is 0. The van der Waals surface area contributed by atoms with Crippen molar-refractivity contribution < 1.29 is 28.6 Å². The molecule has 334 valence electrons. The number of unbranched alkanes of at least 4 members (excludes halogenated alkanes) is 17. The summed E-state index contributed by atoms with van der Waals surface area (Å²) in [5.41, 5.74) is 0. The van der Waals surface area contributed by atoms with Crippen LogP contribution in [-0.4, -0.2) is 37.2 Å². The third-order valence-electron chi connectivity index (χ3n) is 9.65. The Hall–Kier alpha value is -3.67. The zero-order chi connectivity index (χ0) is 43.0. The topological polar surface area (TPSA) is 78.9 Å². The lowest BCUT2D eigenvalue weighted by atomic mass is 10.1. The van der Waals surface area contributed by atoms with E-state index in [2.05, 4.69) is 81.5 Å². The van der Waals surface area contributed by atoms with E-state index >= 15 is 0 Å². The molecule has 0 amide bonds. The van der Waals surface area contributed by atoms with Gasteiger partial charge in [0, 0.05) is 19.3 Å². The van der Waals surface area contributed by atoms with Gasteiger partial charge in [-0.15, -0.1) is 0 Å². The molecule has 0 rings (SSSR count). The van der Waals surface area contributed by atoms with E-state index in [1.165, 1.54) is 44.9 Å². The van der Waals surface area contributed by atoms with E-state index in [0.717, 1.165) is 116 Å². The maximum Gasteiger partial charge on any atom is 0.306 e. The molecule has 1 unspecified atom stereocenters. The van der Waals surface area contributed by atoms with Gasteiger partial charge in [-0.2, -0.15) is 0 Å². The summed E-state index contributed by atoms with van der Waals surface area (Å²) in [7, 11) is 0. The van der Waals surface area contributed by atoms with Gasteiger partial charge in [0.1, 0.15) is 13.2 Å². The maximum absolute atomic E-state index is 12.7. The van der Waals surface area contributed by atoms with Gasteiger partial charge in [0.15, 0.2) is 6.10 Å². The lowest BCUT2D eigenvalue weighted by Gasteiger charge is -2.18. The molecule has 0 N–H and O–H groups in total. The third kappa shape index (κ3) is 45.3. The van der Waals surface area contributed by atoms with E-state index in [1.54, 1.807) is 0 Å². The van der Waals surface area contributed by atoms with E-state index in [9.17, 15) is 14.4 Å². The number of esters is 3. The standard InChI is InChI=1S/C53H86O6/c1-4-7-10-13-16-19-22-25-28-31-34-37-40-43-46-52(55)58-49-50(48-57-51(54)45-42-39-36-33-30-27-24-21-18-15-12-9-6-3)59-53(56)47-44-41-38-35-32-29-26-23-20-17-14-11-8-5-2/h7,9-10,12,15-16,18-19,21,24-25,27-30,32,50H,4-6,8,11,13-14,17,20,22-23,26,31,33-49H2,1-3H3/b10-7-,12-9-,18-15-,19-16-,24-21-,28-25-,30-27-,32-29-. The molecular weight excluding hydrogens is 733 g/mol. The van der Waals surface area contributed by atoms with Crippen LogP contribution in [0.5, 0.6) is 0 Å². The lowest BCUT2D eigenvalue weighted by Crippen LogP contribution is -2.30. The molecule has 0 aliphatic rings. The van der Waals surface area contributed by atoms with Crippen LogP contribution in [0.15, 0.2) is 97.2 Å². The van der Waals surface area contributed by atoms with E-state index < -0.39 is 6.10 Å². The largest absolute Gasteiger partial charge is 0.462 e. The van der Waals surface area contributed by atoms with Gasteiger partial charge in [0.25, 0.3) is 0 Å². The summed E-state index contributed by atoms with van der Waals surface area (Å²) in [5, 5.41) is 0. The number of ether oxygens (including phenoxy) is 3. The van der Waals surface area contributed by atoms with E-state index in [-0.39, 0.29) is 31.1 Å². The fraction of sp³-hybridized carbons (Fsp3) is 0.642. The normalized spacial score (nSPS) is 12.9. The first-order chi connectivity index (χ1) is 29.0. The van der Waals surface area contributed by atoms with Crippen molar-refractivity contribution in [1.82, 2.24) is 0 Å². The molecule has 0 aliphatic heterocycles. The van der Waals surface area contributed by atoms with Crippen LogP contribution < -0.4 is 0 Å². The Morgan fingerprint density at radius 2 is 0.746 bits per heavy atom. The molecule has 0 saturated heterocycles. The molecule has 0 aromatic rings. The number of carbonyl (C=O) groups is 3. The van der Waals surface area contributed by atoms with Crippen LogP contribution in [0.25, 0.3) is 0 Å². The molecule has 0 aliphatic carbocycles. The summed E-state index contributed by atoms with van der Waals surface area (Å²) < 4.78 is 16.7. The minimum absolute atomic E-state index is 0.110. The van der Waals surface area contributed by atoms with Gasteiger partial charge in [-0.3, -0.25) is 14.4 Å². The predicted molar refractivity (Wildman–Crippen MR) is 251 cm³/mol. The molecule has 0 radical (unpaired) electrons. The van der Waals surface area contributed by atoms with E-state index in [1.807, 2.05) is 36.5 Å². The van der Waals surface area contributed by atoms with Crippen molar-refractivity contribution in [1.29, 1.82) is 0 Å². The van der Waals surface area contributed by atoms with Crippen LogP contribution in [0, 0.1) is 0 Å². The minimum Gasteiger partial charge on any atom is -0.462 e. The fourth-order valence-electron chi connectivity index (χ4n) is 6.11. The molecule has 0 spiro atoms. The molecule has 0 saturated carbocycles. The average Bonchev–Trinajstić information content (AvgIpc) is 3.23. The van der Waals surface area contributed by atoms with Crippen molar-refractivity contribution in [3.05, 3.63) is 97.2 Å². The van der Waals surface area contributed by atoms with Gasteiger partial charge in [-0.05, 0) is 96.3 Å². The molecule has 0 bridgehead atoms. The summed E-state index contributed by atoms with van der Waals surface area (Å²) in [4.78, 5) is 37.8. The second-order valence-electron chi connectivity index (χ2n) is 15.3. The van der Waals surface area contributed by atoms with Crippen LogP contribution in [-0.2, 0) is 28.6 Å². The van der Waals surface area contributed by atoms with Crippen molar-refractivity contribution in [2.24, 2.45) is 0 Å². The summed E-state index contributed by atoms with van der Waals surface area (Å²) >= 11 is 0. The first-order valence-corrected chi connectivity index (χ1v) is 23.8. The van der Waals surface area contributed by atoms with Gasteiger partial charge >= 0.3 is 17.9 Å². The Bertz CT molecular complexity index is 1220. The Morgan fingerprint density at radius 1 is 0.373 bits per heavy atom. The highest BCUT2D eigenvalue weighted by Crippen LogP contribution is 2.12. The van der Waals surface area contributed by atoms with Crippen LogP contribution >= 0.6 is 0 Å². The highest BCUT2D eigenvalue weighted by molar-refractivity contribution is 5.71. The smallest absolute Gasteiger partial charge is 0.306 e. The van der Waals surface area contributed by atoms with Crippen molar-refractivity contribution in [3.8, 4) is 0 Å². The quantitative estimate of drug-likeness (QED) is 0.0201. The highest BCUT2D eigenvalue weighted by Gasteiger charge is 2.19. The molecule has 0 aromatic heterocycles. The summed E-state index contributed by atoms with van der Waals surface area (Å²) in [6.45, 7) is 6.29. The highest BCUT2D eigenvalue weighted by atomic mass is 16.6. The van der Waals surface area contributed by atoms with E-state index in [0.29, 0.717) is 19.3 Å². The SMILES string of the molecule is CC\C=C/C=C\C=C/C=C\CCCCCC(=O)OCC(COC(=O)CCCCCC/C=C\C/C=C\C/C=C\CC)OC(=O)CCCCC/C=C\CCCCCCCCC. The Kier molecular flexibility index (Phi) is 44.1. The molecule has 6 nitrogen and oxygen atoms in total. The second kappa shape index (κ2) is 47.0. The molecule has 1 atom stereocenters. The van der Waals surface area contributed by atoms with Crippen LogP contribution in [0.4, 0.5) is 0 Å². The van der Waals surface area contributed by atoms with Gasteiger partial charge < -0.3 is 14.2 Å². The summed E-state index contributed by atoms with van der Waals surface area (Å²) in [6.07, 6.45) is 61.0.